The fourth-order valence-electron chi connectivity index (χ4n) is 9.83. The third-order valence-electron chi connectivity index (χ3n) is 14.6. The van der Waals surface area contributed by atoms with Crippen LogP contribution in [0, 0.1) is 11.8 Å². The van der Waals surface area contributed by atoms with Gasteiger partial charge in [0.2, 0.25) is 41.4 Å². The fraction of sp³-hybridized carbons (Fsp3) is 0.459. The molecule has 4 bridgehead atoms. The zero-order valence-electron chi connectivity index (χ0n) is 47.9. The monoisotopic (exact) mass is 1130 g/mol. The number of amides is 8. The number of carbonyl (C=O) groups excluding carboxylic acids is 9. The van der Waals surface area contributed by atoms with Crippen molar-refractivity contribution < 1.29 is 57.7 Å². The molecule has 21 nitrogen and oxygen atoms in total. The van der Waals surface area contributed by atoms with E-state index in [1.165, 1.54) is 67.8 Å². The molecule has 4 aromatic rings. The number of aryl methyl sites for hydroxylation is 1. The van der Waals surface area contributed by atoms with Crippen LogP contribution in [0.5, 0.6) is 11.5 Å². The summed E-state index contributed by atoms with van der Waals surface area (Å²) in [4.78, 5) is 127. The highest BCUT2D eigenvalue weighted by molar-refractivity contribution is 5.98. The predicted octanol–water partition coefficient (Wildman–Crippen LogP) is 4.95. The third kappa shape index (κ3) is 16.6. The largest absolute Gasteiger partial charge is 0.513 e. The van der Waals surface area contributed by atoms with Crippen molar-refractivity contribution in [2.45, 2.75) is 136 Å². The van der Waals surface area contributed by atoms with E-state index < -0.39 is 95.6 Å². The van der Waals surface area contributed by atoms with Gasteiger partial charge in [0.1, 0.15) is 47.8 Å². The Morgan fingerprint density at radius 1 is 0.841 bits per heavy atom. The second-order valence-corrected chi connectivity index (χ2v) is 21.7. The molecule has 0 aliphatic carbocycles. The van der Waals surface area contributed by atoms with Crippen molar-refractivity contribution in [2.75, 3.05) is 33.3 Å². The summed E-state index contributed by atoms with van der Waals surface area (Å²) in [6.45, 7) is 10.7. The molecule has 1 unspecified atom stereocenters. The van der Waals surface area contributed by atoms with Crippen molar-refractivity contribution in [1.82, 2.24) is 36.4 Å². The second kappa shape index (κ2) is 29.4. The van der Waals surface area contributed by atoms with Crippen LogP contribution in [0.15, 0.2) is 84.9 Å². The molecule has 0 aromatic heterocycles. The van der Waals surface area contributed by atoms with Gasteiger partial charge in [-0.2, -0.15) is 0 Å². The molecule has 2 heterocycles. The summed E-state index contributed by atoms with van der Waals surface area (Å²) >= 11 is 0. The van der Waals surface area contributed by atoms with E-state index in [-0.39, 0.29) is 66.6 Å². The van der Waals surface area contributed by atoms with Crippen molar-refractivity contribution in [3.05, 3.63) is 107 Å². The Morgan fingerprint density at radius 3 is 2.20 bits per heavy atom. The Balaban J connectivity index is 1.27. The number of fused-ring (bicyclic) bond motifs is 5. The number of likely N-dealkylation sites (tertiary alicyclic amines) is 1. The van der Waals surface area contributed by atoms with E-state index in [0.29, 0.717) is 43.4 Å². The number of benzene rings is 4. The van der Waals surface area contributed by atoms with Gasteiger partial charge in [0.15, 0.2) is 0 Å². The average Bonchev–Trinajstić information content (AvgIpc) is 4.05. The van der Waals surface area contributed by atoms with E-state index in [2.05, 4.69) is 57.8 Å². The van der Waals surface area contributed by atoms with Gasteiger partial charge in [-0.3, -0.25) is 38.4 Å². The second-order valence-electron chi connectivity index (χ2n) is 21.7. The number of nitrogens with zero attached hydrogens (tertiary/aromatic N) is 2. The number of primary amides is 1. The van der Waals surface area contributed by atoms with Crippen molar-refractivity contribution in [3.8, 4) is 33.8 Å². The maximum atomic E-state index is 14.9. The van der Waals surface area contributed by atoms with E-state index in [9.17, 15) is 48.3 Å². The van der Waals surface area contributed by atoms with Crippen LogP contribution in [0.1, 0.15) is 120 Å². The molecule has 1 saturated heterocycles. The Morgan fingerprint density at radius 2 is 1.54 bits per heavy atom. The minimum absolute atomic E-state index is 0.0226. The number of phenolic OH excluding ortho intramolecular Hbond substituents is 1. The summed E-state index contributed by atoms with van der Waals surface area (Å²) in [5.41, 5.74) is 15.7. The molecule has 7 atom stereocenters. The van der Waals surface area contributed by atoms with Crippen molar-refractivity contribution in [1.29, 1.82) is 0 Å². The quantitative estimate of drug-likeness (QED) is 0.0294. The average molecular weight is 1130 g/mol. The summed E-state index contributed by atoms with van der Waals surface area (Å²) in [5, 5.41) is 25.3. The zero-order chi connectivity index (χ0) is 59.8. The lowest BCUT2D eigenvalue weighted by molar-refractivity contribution is -0.143. The minimum atomic E-state index is -1.56. The number of unbranched alkanes of at least 4 members (excludes halogenated alkanes) is 2. The molecule has 6 rings (SSSR count). The summed E-state index contributed by atoms with van der Waals surface area (Å²) in [6, 6.07) is 16.5. The molecule has 440 valence electrons. The van der Waals surface area contributed by atoms with Crippen LogP contribution in [0.4, 0.5) is 4.79 Å². The highest BCUT2D eigenvalue weighted by Crippen LogP contribution is 2.40. The molecule has 0 radical (unpaired) electrons. The Kier molecular flexibility index (Phi) is 22.5. The van der Waals surface area contributed by atoms with E-state index in [4.69, 9.17) is 20.9 Å². The maximum absolute atomic E-state index is 14.9. The molecule has 21 heteroatoms. The number of aromatic hydroxyl groups is 1. The first-order valence-corrected chi connectivity index (χ1v) is 28.2. The number of nitrogens with one attached hydrogen (secondary N) is 5. The molecule has 1 fully saturated rings. The van der Waals surface area contributed by atoms with Crippen LogP contribution in [-0.4, -0.2) is 132 Å². The van der Waals surface area contributed by atoms with Gasteiger partial charge in [-0.15, -0.1) is 0 Å². The van der Waals surface area contributed by atoms with E-state index >= 15 is 0 Å². The van der Waals surface area contributed by atoms with Crippen LogP contribution in [-0.2, 0) is 51.1 Å². The number of hydrogen-bond acceptors (Lipinski definition) is 13. The molecular formula is C61H79N9O12. The maximum Gasteiger partial charge on any atom is 0.513 e. The van der Waals surface area contributed by atoms with Gasteiger partial charge in [-0.1, -0.05) is 82.6 Å². The molecule has 2 aliphatic rings. The summed E-state index contributed by atoms with van der Waals surface area (Å²) in [5.74, 6) is -6.71. The number of nitrogens with two attached hydrogens (primary N) is 2. The van der Waals surface area contributed by atoms with Gasteiger partial charge in [0, 0.05) is 43.2 Å². The van der Waals surface area contributed by atoms with Gasteiger partial charge in [0.25, 0.3) is 5.91 Å². The lowest BCUT2D eigenvalue weighted by Gasteiger charge is -2.33. The molecule has 0 spiro atoms. The topological polar surface area (TPSA) is 311 Å². The van der Waals surface area contributed by atoms with Crippen LogP contribution in [0.2, 0.25) is 0 Å². The Labute approximate surface area is 479 Å². The first kappa shape index (κ1) is 62.9. The fourth-order valence-corrected chi connectivity index (χ4v) is 9.83. The minimum Gasteiger partial charge on any atom is -0.507 e. The summed E-state index contributed by atoms with van der Waals surface area (Å²) < 4.78 is 11.0. The Bertz CT molecular complexity index is 2950. The van der Waals surface area contributed by atoms with Crippen LogP contribution >= 0.6 is 0 Å². The standard InChI is InChI=1S/C61H79N9O12/c1-8-9-13-39-16-19-41(20-17-39)42-21-23-43(24-22-42)56(75)64-33-36(4)54(73)67-47(14-10-11-28-62)60(79)69(7)52-44-25-26-50(71)45(32-44)46-30-40(18-27-51(46)82-61(80)81-34-35(2)3)31-48(68-55(74)37(5)65-58(52)77)57(76)66-38(6)59(78)70-29-12-15-49(70)53(63)72/h16-27,30,32,35-38,47-49,52,71H,8-15,28-29,31,33-34,62H2,1-7H3,(H2,63,72)(H,64,75)(H,65,77)(H,66,76)(H,67,73)(H,68,74)/t36-,37+,38+,47+,48+,49+,52?/m1/s1. The van der Waals surface area contributed by atoms with Crippen LogP contribution in [0.3, 0.4) is 0 Å². The Hall–Kier alpha value is -8.33. The lowest BCUT2D eigenvalue weighted by Crippen LogP contribution is -2.58. The third-order valence-corrected chi connectivity index (χ3v) is 14.6. The van der Waals surface area contributed by atoms with Crippen molar-refractivity contribution in [3.63, 3.8) is 0 Å². The van der Waals surface area contributed by atoms with Crippen molar-refractivity contribution >= 4 is 53.4 Å². The van der Waals surface area contributed by atoms with Gasteiger partial charge >= 0.3 is 6.16 Å². The summed E-state index contributed by atoms with van der Waals surface area (Å²) in [6.07, 6.45) is 3.85. The number of ether oxygens (including phenoxy) is 2. The van der Waals surface area contributed by atoms with Crippen LogP contribution < -0.4 is 42.8 Å². The number of likely N-dealkylation sites (N-methyl/N-ethyl adjacent to an activating group) is 1. The molecule has 10 N–H and O–H groups in total. The molecule has 2 aliphatic heterocycles. The van der Waals surface area contributed by atoms with Gasteiger partial charge < -0.3 is 62.4 Å². The smallest absolute Gasteiger partial charge is 0.507 e. The number of carbonyl (C=O) groups is 9. The normalized spacial score (nSPS) is 18.1. The highest BCUT2D eigenvalue weighted by atomic mass is 16.7. The van der Waals surface area contributed by atoms with Gasteiger partial charge in [-0.25, -0.2) is 4.79 Å². The first-order valence-electron chi connectivity index (χ1n) is 28.2. The molecule has 82 heavy (non-hydrogen) atoms. The lowest BCUT2D eigenvalue weighted by atomic mass is 9.93. The van der Waals surface area contributed by atoms with E-state index in [0.717, 1.165) is 35.3 Å². The van der Waals surface area contributed by atoms with Gasteiger partial charge in [0.05, 0.1) is 12.5 Å². The molecule has 8 amide bonds. The highest BCUT2D eigenvalue weighted by Gasteiger charge is 2.39. The first-order chi connectivity index (χ1) is 39.1. The molecule has 4 aromatic carbocycles. The number of hydrogen-bond donors (Lipinski definition) is 8. The number of phenols is 1. The van der Waals surface area contributed by atoms with E-state index in [1.54, 1.807) is 19.1 Å². The molecular weight excluding hydrogens is 1050 g/mol. The predicted molar refractivity (Wildman–Crippen MR) is 307 cm³/mol. The summed E-state index contributed by atoms with van der Waals surface area (Å²) in [7, 11) is 1.35. The number of rotatable bonds is 22. The SMILES string of the molecule is CCCCc1ccc(-c2ccc(C(=O)NC[C@@H](C)C(=O)N[C@@H](CCCCN)C(=O)N(C)C3C(=O)N[C@@H](C)C(=O)N[C@H](C(=O)N[C@@H](C)C(=O)N4CCC[C@H]4C(N)=O)Cc4ccc(OC(=O)OCC(C)C)c(c4)-c4cc3ccc4O)cc2)cc1. The van der Waals surface area contributed by atoms with E-state index in [1.807, 2.05) is 26.0 Å². The van der Waals surface area contributed by atoms with Crippen molar-refractivity contribution in [2.24, 2.45) is 23.3 Å². The van der Waals surface area contributed by atoms with Crippen LogP contribution in [0.25, 0.3) is 22.3 Å². The molecule has 0 saturated carbocycles. The van der Waals surface area contributed by atoms with Gasteiger partial charge in [-0.05, 0) is 135 Å². The zero-order valence-corrected chi connectivity index (χ0v) is 47.9.